The summed E-state index contributed by atoms with van der Waals surface area (Å²) in [6.45, 7) is 27.8. The highest BCUT2D eigenvalue weighted by molar-refractivity contribution is 6.24. The first-order chi connectivity index (χ1) is 31.2. The first kappa shape index (κ1) is 43.3. The van der Waals surface area contributed by atoms with Crippen molar-refractivity contribution in [1.82, 2.24) is 9.97 Å². The molecule has 0 bridgehead atoms. The van der Waals surface area contributed by atoms with E-state index in [1.807, 2.05) is 0 Å². The molecule has 0 radical (unpaired) electrons. The molecule has 2 aromatic heterocycles. The molecule has 0 aliphatic rings. The number of fused-ring (bicyclic) bond motifs is 7. The average Bonchev–Trinajstić information content (AvgIpc) is 3.29. The van der Waals surface area contributed by atoms with Gasteiger partial charge < -0.3 is 0 Å². The third-order valence-electron chi connectivity index (χ3n) is 13.8. The minimum Gasteiger partial charge on any atom is -0.247 e. The Bertz CT molecular complexity index is 3290. The van der Waals surface area contributed by atoms with Gasteiger partial charge in [0.25, 0.3) is 0 Å². The molecular weight excluding hydrogens is 797 g/mol. The van der Waals surface area contributed by atoms with Crippen molar-refractivity contribution in [2.45, 2.75) is 105 Å². The van der Waals surface area contributed by atoms with Crippen molar-refractivity contribution in [2.75, 3.05) is 0 Å². The molecular formula is C64H62N2. The van der Waals surface area contributed by atoms with E-state index in [0.717, 1.165) is 55.1 Å². The molecule has 0 N–H and O–H groups in total. The Labute approximate surface area is 391 Å². The van der Waals surface area contributed by atoms with Crippen LogP contribution in [0.5, 0.6) is 0 Å². The number of hydrogen-bond acceptors (Lipinski definition) is 2. The molecule has 0 unspecified atom stereocenters. The molecule has 0 fully saturated rings. The summed E-state index contributed by atoms with van der Waals surface area (Å²) in [5, 5.41) is 9.45. The molecule has 0 spiro atoms. The fraction of sp³-hybridized carbons (Fsp3) is 0.250. The highest BCUT2D eigenvalue weighted by atomic mass is 14.7. The molecule has 66 heavy (non-hydrogen) atoms. The SMILES string of the molecule is CC(C)(C)c1cc(-c2cc3c(cc(-c4cc(C(C)(C)C)cc5ccc(C(C)(C)C)cc45)c4ccc(-c5ccccc5)nc43)c3nc(-c4ccccc4)ccc23)c2cc(C(C)(C)C)ccc2c1. The summed E-state index contributed by atoms with van der Waals surface area (Å²) in [5.74, 6) is 0. The van der Waals surface area contributed by atoms with Gasteiger partial charge in [0.2, 0.25) is 0 Å². The molecule has 8 aromatic carbocycles. The van der Waals surface area contributed by atoms with Crippen molar-refractivity contribution in [3.63, 3.8) is 0 Å². The smallest absolute Gasteiger partial charge is 0.0795 e. The highest BCUT2D eigenvalue weighted by Crippen LogP contribution is 2.47. The Morgan fingerprint density at radius 2 is 0.621 bits per heavy atom. The van der Waals surface area contributed by atoms with Gasteiger partial charge in [0.05, 0.1) is 22.4 Å². The average molecular weight is 859 g/mol. The van der Waals surface area contributed by atoms with E-state index in [0.29, 0.717) is 0 Å². The fourth-order valence-corrected chi connectivity index (χ4v) is 9.70. The second kappa shape index (κ2) is 15.5. The molecule has 328 valence electrons. The fourth-order valence-electron chi connectivity index (χ4n) is 9.70. The van der Waals surface area contributed by atoms with Crippen molar-refractivity contribution in [1.29, 1.82) is 0 Å². The summed E-state index contributed by atoms with van der Waals surface area (Å²) in [6, 6.07) is 59.1. The van der Waals surface area contributed by atoms with Crippen molar-refractivity contribution >= 4 is 54.1 Å². The zero-order valence-corrected chi connectivity index (χ0v) is 40.9. The molecule has 0 amide bonds. The maximum atomic E-state index is 5.73. The summed E-state index contributed by atoms with van der Waals surface area (Å²) >= 11 is 0. The van der Waals surface area contributed by atoms with Crippen LogP contribution in [0.15, 0.2) is 158 Å². The Hall–Kier alpha value is -6.64. The maximum absolute atomic E-state index is 5.73. The number of benzene rings is 8. The lowest BCUT2D eigenvalue weighted by molar-refractivity contribution is 0.589. The molecule has 0 aliphatic carbocycles. The van der Waals surface area contributed by atoms with E-state index < -0.39 is 0 Å². The molecule has 0 atom stereocenters. The highest BCUT2D eigenvalue weighted by Gasteiger charge is 2.25. The minimum absolute atomic E-state index is 0.0156. The van der Waals surface area contributed by atoms with Gasteiger partial charge in [-0.15, -0.1) is 0 Å². The lowest BCUT2D eigenvalue weighted by atomic mass is 9.79. The van der Waals surface area contributed by atoms with Crippen LogP contribution in [0.3, 0.4) is 0 Å². The van der Waals surface area contributed by atoms with Crippen molar-refractivity contribution in [2.24, 2.45) is 0 Å². The molecule has 2 nitrogen and oxygen atoms in total. The van der Waals surface area contributed by atoms with Crippen LogP contribution in [0, 0.1) is 0 Å². The number of nitrogens with zero attached hydrogens (tertiary/aromatic N) is 2. The van der Waals surface area contributed by atoms with Gasteiger partial charge in [-0.05, 0) is 136 Å². The largest absolute Gasteiger partial charge is 0.247 e. The van der Waals surface area contributed by atoms with Crippen LogP contribution < -0.4 is 0 Å². The predicted octanol–water partition coefficient (Wildman–Crippen LogP) is 18.1. The van der Waals surface area contributed by atoms with Crippen molar-refractivity contribution < 1.29 is 0 Å². The first-order valence-corrected chi connectivity index (χ1v) is 23.7. The molecule has 2 heterocycles. The Morgan fingerprint density at radius 1 is 0.273 bits per heavy atom. The molecule has 0 saturated carbocycles. The normalized spacial score (nSPS) is 12.8. The van der Waals surface area contributed by atoms with E-state index in [4.69, 9.17) is 9.97 Å². The summed E-state index contributed by atoms with van der Waals surface area (Å²) < 4.78 is 0. The van der Waals surface area contributed by atoms with Crippen LogP contribution in [0.1, 0.15) is 105 Å². The number of hydrogen-bond donors (Lipinski definition) is 0. The first-order valence-electron chi connectivity index (χ1n) is 23.7. The van der Waals surface area contributed by atoms with Gasteiger partial charge in [0.15, 0.2) is 0 Å². The summed E-state index contributed by atoms with van der Waals surface area (Å²) in [5.41, 5.74) is 15.9. The van der Waals surface area contributed by atoms with E-state index in [1.54, 1.807) is 0 Å². The van der Waals surface area contributed by atoms with E-state index in [-0.39, 0.29) is 21.7 Å². The zero-order chi connectivity index (χ0) is 46.5. The monoisotopic (exact) mass is 858 g/mol. The van der Waals surface area contributed by atoms with Gasteiger partial charge in [0.1, 0.15) is 0 Å². The van der Waals surface area contributed by atoms with Gasteiger partial charge in [0, 0.05) is 32.7 Å². The lowest BCUT2D eigenvalue weighted by Gasteiger charge is -2.25. The molecule has 0 saturated heterocycles. The number of aromatic nitrogens is 2. The second-order valence-electron chi connectivity index (χ2n) is 22.8. The van der Waals surface area contributed by atoms with Crippen LogP contribution in [0.25, 0.3) is 98.9 Å². The van der Waals surface area contributed by atoms with E-state index in [9.17, 15) is 0 Å². The summed E-state index contributed by atoms with van der Waals surface area (Å²) in [4.78, 5) is 11.5. The van der Waals surface area contributed by atoms with Crippen molar-refractivity contribution in [3.05, 3.63) is 180 Å². The molecule has 10 rings (SSSR count). The summed E-state index contributed by atoms with van der Waals surface area (Å²) in [7, 11) is 0. The van der Waals surface area contributed by atoms with E-state index in [2.05, 4.69) is 241 Å². The topological polar surface area (TPSA) is 25.8 Å². The van der Waals surface area contributed by atoms with Crippen LogP contribution in [0.2, 0.25) is 0 Å². The quantitative estimate of drug-likeness (QED) is 0.165. The maximum Gasteiger partial charge on any atom is 0.0795 e. The van der Waals surface area contributed by atoms with Crippen LogP contribution in [-0.4, -0.2) is 9.97 Å². The van der Waals surface area contributed by atoms with Gasteiger partial charge in [-0.3, -0.25) is 0 Å². The third kappa shape index (κ3) is 7.75. The van der Waals surface area contributed by atoms with Gasteiger partial charge in [-0.25, -0.2) is 9.97 Å². The standard InChI is InChI=1S/C64H62N2/c1-61(2,3)43-25-23-41-31-45(63(7,8)9)35-51(49(41)33-43)53-37-55-56(59-47(53)27-29-57(65-59)39-19-15-13-16-20-39)38-54(48-28-30-58(66-60(48)55)40-21-17-14-18-22-40)52-36-46(64(10,11)12)32-42-24-26-44(34-50(42)52)62(4,5)6/h13-38H,1-12H3. The lowest BCUT2D eigenvalue weighted by Crippen LogP contribution is -2.12. The molecule has 2 heteroatoms. The predicted molar refractivity (Wildman–Crippen MR) is 286 cm³/mol. The number of rotatable bonds is 4. The van der Waals surface area contributed by atoms with Gasteiger partial charge in [-0.2, -0.15) is 0 Å². The Kier molecular flexibility index (Phi) is 10.1. The van der Waals surface area contributed by atoms with Gasteiger partial charge in [-0.1, -0.05) is 192 Å². The second-order valence-corrected chi connectivity index (χ2v) is 22.8. The van der Waals surface area contributed by atoms with Crippen LogP contribution in [-0.2, 0) is 21.7 Å². The van der Waals surface area contributed by atoms with Crippen molar-refractivity contribution in [3.8, 4) is 44.8 Å². The van der Waals surface area contributed by atoms with Crippen LogP contribution >= 0.6 is 0 Å². The third-order valence-corrected chi connectivity index (χ3v) is 13.8. The molecule has 0 aliphatic heterocycles. The Morgan fingerprint density at radius 3 is 0.970 bits per heavy atom. The zero-order valence-electron chi connectivity index (χ0n) is 40.9. The number of pyridine rings is 2. The minimum atomic E-state index is -0.0675. The Balaban J connectivity index is 1.42. The van der Waals surface area contributed by atoms with Crippen LogP contribution in [0.4, 0.5) is 0 Å². The van der Waals surface area contributed by atoms with E-state index >= 15 is 0 Å². The van der Waals surface area contributed by atoms with E-state index in [1.165, 1.54) is 66.1 Å². The molecule has 10 aromatic rings. The summed E-state index contributed by atoms with van der Waals surface area (Å²) in [6.07, 6.45) is 0. The van der Waals surface area contributed by atoms with Gasteiger partial charge >= 0.3 is 0 Å².